The lowest BCUT2D eigenvalue weighted by atomic mass is 9.85. The van der Waals surface area contributed by atoms with Gasteiger partial charge in [0.2, 0.25) is 5.91 Å². The third-order valence-electron chi connectivity index (χ3n) is 3.44. The molecule has 0 fully saturated rings. The number of amides is 1. The minimum atomic E-state index is -0.990. The fraction of sp³-hybridized carbons (Fsp3) is 0.583. The molecule has 0 saturated heterocycles. The number of nitrogens with one attached hydrogen (secondary N) is 1. The zero-order chi connectivity index (χ0) is 14.5. The van der Waals surface area contributed by atoms with Crippen molar-refractivity contribution in [1.82, 2.24) is 14.9 Å². The number of aryl methyl sites for hydroxylation is 1. The average Bonchev–Trinajstić information content (AvgIpc) is 2.82. The number of imidazole rings is 1. The summed E-state index contributed by atoms with van der Waals surface area (Å²) in [6.07, 6.45) is 4.65. The normalized spacial score (nSPS) is 15.0. The quantitative estimate of drug-likeness (QED) is 0.297. The molecule has 1 aromatic heterocycles. The molecule has 1 atom stereocenters. The van der Waals surface area contributed by atoms with Crippen LogP contribution in [0.1, 0.15) is 26.1 Å². The number of carbonyl (C=O) groups is 1. The van der Waals surface area contributed by atoms with E-state index in [1.165, 1.54) is 0 Å². The van der Waals surface area contributed by atoms with E-state index in [4.69, 9.17) is 10.9 Å². The van der Waals surface area contributed by atoms with Crippen molar-refractivity contribution < 1.29 is 10.0 Å². The summed E-state index contributed by atoms with van der Waals surface area (Å²) in [6, 6.07) is 0. The standard InChI is InChI=1S/C12H21N5O2/c1-4-12(2,10(13)16-19)11(18)15-6-5-9-14-7-8-17(9)3/h7-8,19H,4-6H2,1-3H3,(H2,13,16)(H,15,18). The highest BCUT2D eigenvalue weighted by molar-refractivity contribution is 6.06. The van der Waals surface area contributed by atoms with E-state index < -0.39 is 5.41 Å². The van der Waals surface area contributed by atoms with E-state index in [9.17, 15) is 4.79 Å². The molecular formula is C12H21N5O2. The number of nitrogens with zero attached hydrogens (tertiary/aromatic N) is 3. The number of rotatable bonds is 6. The molecule has 1 rings (SSSR count). The molecule has 7 nitrogen and oxygen atoms in total. The highest BCUT2D eigenvalue weighted by Crippen LogP contribution is 2.21. The topological polar surface area (TPSA) is 106 Å². The van der Waals surface area contributed by atoms with Gasteiger partial charge in [-0.05, 0) is 13.3 Å². The molecule has 0 bridgehead atoms. The Hall–Kier alpha value is -2.05. The van der Waals surface area contributed by atoms with Crippen LogP contribution < -0.4 is 11.1 Å². The molecule has 0 aliphatic rings. The van der Waals surface area contributed by atoms with Crippen LogP contribution in [-0.4, -0.2) is 33.0 Å². The molecule has 1 amide bonds. The zero-order valence-electron chi connectivity index (χ0n) is 11.6. The van der Waals surface area contributed by atoms with Gasteiger partial charge in [-0.1, -0.05) is 12.1 Å². The minimum Gasteiger partial charge on any atom is -0.409 e. The van der Waals surface area contributed by atoms with Crippen molar-refractivity contribution in [3.05, 3.63) is 18.2 Å². The van der Waals surface area contributed by atoms with Gasteiger partial charge in [-0.2, -0.15) is 0 Å². The summed E-state index contributed by atoms with van der Waals surface area (Å²) in [6.45, 7) is 3.92. The number of carbonyl (C=O) groups excluding carboxylic acids is 1. The second-order valence-electron chi connectivity index (χ2n) is 4.63. The highest BCUT2D eigenvalue weighted by atomic mass is 16.4. The van der Waals surface area contributed by atoms with Crippen LogP contribution >= 0.6 is 0 Å². The largest absolute Gasteiger partial charge is 0.409 e. The van der Waals surface area contributed by atoms with Crippen LogP contribution in [0.3, 0.4) is 0 Å². The van der Waals surface area contributed by atoms with Crippen LogP contribution in [0.25, 0.3) is 0 Å². The van der Waals surface area contributed by atoms with Crippen LogP contribution in [0.2, 0.25) is 0 Å². The lowest BCUT2D eigenvalue weighted by Gasteiger charge is -2.25. The lowest BCUT2D eigenvalue weighted by molar-refractivity contribution is -0.127. The summed E-state index contributed by atoms with van der Waals surface area (Å²) in [5.74, 6) is 0.561. The summed E-state index contributed by atoms with van der Waals surface area (Å²) in [7, 11) is 1.90. The van der Waals surface area contributed by atoms with Crippen LogP contribution in [0.5, 0.6) is 0 Å². The molecule has 19 heavy (non-hydrogen) atoms. The number of hydrogen-bond donors (Lipinski definition) is 3. The Balaban J connectivity index is 2.57. The van der Waals surface area contributed by atoms with Gasteiger partial charge in [-0.25, -0.2) is 4.98 Å². The van der Waals surface area contributed by atoms with Crippen molar-refractivity contribution in [3.63, 3.8) is 0 Å². The Morgan fingerprint density at radius 1 is 1.68 bits per heavy atom. The van der Waals surface area contributed by atoms with Gasteiger partial charge < -0.3 is 20.8 Å². The van der Waals surface area contributed by atoms with E-state index >= 15 is 0 Å². The van der Waals surface area contributed by atoms with E-state index in [-0.39, 0.29) is 11.7 Å². The Bertz CT molecular complexity index is 468. The average molecular weight is 267 g/mol. The number of aromatic nitrogens is 2. The van der Waals surface area contributed by atoms with Gasteiger partial charge in [0.1, 0.15) is 11.2 Å². The maximum atomic E-state index is 12.1. The van der Waals surface area contributed by atoms with Crippen molar-refractivity contribution >= 4 is 11.7 Å². The maximum Gasteiger partial charge on any atom is 0.233 e. The fourth-order valence-corrected chi connectivity index (χ4v) is 1.69. The summed E-state index contributed by atoms with van der Waals surface area (Å²) in [5.41, 5.74) is 4.59. The summed E-state index contributed by atoms with van der Waals surface area (Å²) >= 11 is 0. The Kier molecular flexibility index (Phi) is 4.91. The number of oxime groups is 1. The van der Waals surface area contributed by atoms with Crippen molar-refractivity contribution in [2.24, 2.45) is 23.4 Å². The Morgan fingerprint density at radius 2 is 2.37 bits per heavy atom. The first-order chi connectivity index (χ1) is 8.95. The number of nitrogens with two attached hydrogens (primary N) is 1. The molecular weight excluding hydrogens is 246 g/mol. The molecule has 0 aliphatic carbocycles. The molecule has 0 radical (unpaired) electrons. The summed E-state index contributed by atoms with van der Waals surface area (Å²) in [5, 5.41) is 14.5. The molecule has 7 heteroatoms. The molecule has 1 unspecified atom stereocenters. The second-order valence-corrected chi connectivity index (χ2v) is 4.63. The van der Waals surface area contributed by atoms with Gasteiger partial charge in [0.05, 0.1) is 0 Å². The maximum absolute atomic E-state index is 12.1. The van der Waals surface area contributed by atoms with E-state index in [0.717, 1.165) is 5.82 Å². The van der Waals surface area contributed by atoms with Crippen molar-refractivity contribution in [2.75, 3.05) is 6.54 Å². The zero-order valence-corrected chi connectivity index (χ0v) is 11.6. The van der Waals surface area contributed by atoms with E-state index in [0.29, 0.717) is 19.4 Å². The van der Waals surface area contributed by atoms with E-state index in [1.807, 2.05) is 24.7 Å². The van der Waals surface area contributed by atoms with Gasteiger partial charge >= 0.3 is 0 Å². The summed E-state index contributed by atoms with van der Waals surface area (Å²) < 4.78 is 1.90. The van der Waals surface area contributed by atoms with Crippen LogP contribution in [0.15, 0.2) is 17.5 Å². The molecule has 1 aromatic rings. The van der Waals surface area contributed by atoms with Crippen LogP contribution in [0, 0.1) is 5.41 Å². The predicted octanol–water partition coefficient (Wildman–Crippen LogP) is 0.242. The van der Waals surface area contributed by atoms with Gasteiger partial charge in [0, 0.05) is 32.4 Å². The minimum absolute atomic E-state index is 0.0792. The molecule has 0 spiro atoms. The third-order valence-corrected chi connectivity index (χ3v) is 3.44. The van der Waals surface area contributed by atoms with Crippen molar-refractivity contribution in [3.8, 4) is 0 Å². The van der Waals surface area contributed by atoms with Crippen LogP contribution in [0.4, 0.5) is 0 Å². The second kappa shape index (κ2) is 6.21. The van der Waals surface area contributed by atoms with Crippen LogP contribution in [-0.2, 0) is 18.3 Å². The molecule has 4 N–H and O–H groups in total. The number of hydrogen-bond acceptors (Lipinski definition) is 4. The van der Waals surface area contributed by atoms with E-state index in [1.54, 1.807) is 13.1 Å². The van der Waals surface area contributed by atoms with Gasteiger partial charge in [0.15, 0.2) is 5.84 Å². The van der Waals surface area contributed by atoms with Gasteiger partial charge in [-0.3, -0.25) is 4.79 Å². The fourth-order valence-electron chi connectivity index (χ4n) is 1.69. The number of amidine groups is 1. The molecule has 0 saturated carbocycles. The molecule has 106 valence electrons. The van der Waals surface area contributed by atoms with Gasteiger partial charge in [-0.15, -0.1) is 0 Å². The third kappa shape index (κ3) is 3.24. The van der Waals surface area contributed by atoms with Crippen molar-refractivity contribution in [1.29, 1.82) is 0 Å². The first-order valence-corrected chi connectivity index (χ1v) is 6.18. The monoisotopic (exact) mass is 267 g/mol. The predicted molar refractivity (Wildman–Crippen MR) is 71.7 cm³/mol. The van der Waals surface area contributed by atoms with Crippen molar-refractivity contribution in [2.45, 2.75) is 26.7 Å². The first kappa shape index (κ1) is 15.0. The molecule has 0 aliphatic heterocycles. The SMILES string of the molecule is CCC(C)(C(=O)NCCc1nccn1C)/C(N)=N/O. The lowest BCUT2D eigenvalue weighted by Crippen LogP contribution is -2.48. The first-order valence-electron chi connectivity index (χ1n) is 6.18. The summed E-state index contributed by atoms with van der Waals surface area (Å²) in [4.78, 5) is 16.3. The molecule has 1 heterocycles. The van der Waals surface area contributed by atoms with E-state index in [2.05, 4.69) is 15.5 Å². The Morgan fingerprint density at radius 3 is 2.84 bits per heavy atom. The molecule has 0 aromatic carbocycles. The smallest absolute Gasteiger partial charge is 0.233 e. The van der Waals surface area contributed by atoms with Gasteiger partial charge in [0.25, 0.3) is 0 Å². The highest BCUT2D eigenvalue weighted by Gasteiger charge is 2.36. The Labute approximate surface area is 112 Å².